The summed E-state index contributed by atoms with van der Waals surface area (Å²) in [6.45, 7) is 0. The number of nitrogens with zero attached hydrogens (tertiary/aromatic N) is 5. The van der Waals surface area contributed by atoms with E-state index in [1.807, 2.05) is 0 Å². The summed E-state index contributed by atoms with van der Waals surface area (Å²) in [6, 6.07) is 13.9. The monoisotopic (exact) mass is 535 g/mol. The number of non-ortho nitro benzene ring substituents is 3. The normalized spacial score (nSPS) is 10.4. The van der Waals surface area contributed by atoms with Crippen molar-refractivity contribution in [2.24, 2.45) is 0 Å². The van der Waals surface area contributed by atoms with Gasteiger partial charge in [0.1, 0.15) is 5.01 Å². The van der Waals surface area contributed by atoms with Crippen LogP contribution in [0.25, 0.3) is 10.6 Å². The zero-order valence-electron chi connectivity index (χ0n) is 18.8. The highest BCUT2D eigenvalue weighted by atomic mass is 32.1. The van der Waals surface area contributed by atoms with Gasteiger partial charge in [-0.05, 0) is 36.4 Å². The summed E-state index contributed by atoms with van der Waals surface area (Å²) >= 11 is 1.06. The summed E-state index contributed by atoms with van der Waals surface area (Å²) in [6.07, 6.45) is 0. The van der Waals surface area contributed by atoms with Gasteiger partial charge < -0.3 is 5.32 Å². The second-order valence-corrected chi connectivity index (χ2v) is 8.43. The molecule has 1 heterocycles. The number of amides is 2. The van der Waals surface area contributed by atoms with E-state index in [-0.39, 0.29) is 27.6 Å². The number of aromatic nitrogens is 2. The third-order valence-electron chi connectivity index (χ3n) is 4.96. The average Bonchev–Trinajstić information content (AvgIpc) is 3.37. The largest absolute Gasteiger partial charge is 0.322 e. The third-order valence-corrected chi connectivity index (χ3v) is 5.85. The van der Waals surface area contributed by atoms with Crippen molar-refractivity contribution in [2.45, 2.75) is 0 Å². The van der Waals surface area contributed by atoms with Crippen molar-refractivity contribution in [1.82, 2.24) is 10.2 Å². The average molecular weight is 535 g/mol. The minimum atomic E-state index is -0.843. The van der Waals surface area contributed by atoms with Gasteiger partial charge in [0.25, 0.3) is 28.9 Å². The van der Waals surface area contributed by atoms with Crippen LogP contribution in [0.2, 0.25) is 0 Å². The zero-order chi connectivity index (χ0) is 27.4. The fourth-order valence-corrected chi connectivity index (χ4v) is 3.87. The number of rotatable bonds is 8. The number of nitrogens with one attached hydrogen (secondary N) is 2. The maximum atomic E-state index is 12.6. The van der Waals surface area contributed by atoms with Crippen LogP contribution < -0.4 is 10.6 Å². The maximum Gasteiger partial charge on any atom is 0.277 e. The molecule has 0 radical (unpaired) electrons. The highest BCUT2D eigenvalue weighted by Gasteiger charge is 2.20. The van der Waals surface area contributed by atoms with Crippen molar-refractivity contribution < 1.29 is 24.4 Å². The van der Waals surface area contributed by atoms with Crippen molar-refractivity contribution in [3.63, 3.8) is 0 Å². The third kappa shape index (κ3) is 5.77. The summed E-state index contributed by atoms with van der Waals surface area (Å²) in [7, 11) is 0. The summed E-state index contributed by atoms with van der Waals surface area (Å²) in [5.41, 5.74) is -0.541. The second-order valence-electron chi connectivity index (χ2n) is 7.45. The SMILES string of the molecule is O=C(Nc1ccc(C(=O)Nc2nnc(-c3ccc([N+](=O)[O-])cc3)s2)cc1)c1cc([N+](=O)[O-])cc([N+](=O)[O-])c1. The molecule has 0 unspecified atom stereocenters. The molecule has 1 aromatic heterocycles. The van der Waals surface area contributed by atoms with E-state index in [4.69, 9.17) is 0 Å². The molecule has 15 nitrogen and oxygen atoms in total. The molecular weight excluding hydrogens is 522 g/mol. The molecule has 4 aromatic rings. The lowest BCUT2D eigenvalue weighted by molar-refractivity contribution is -0.394. The number of hydrogen-bond donors (Lipinski definition) is 2. The number of carbonyl (C=O) groups excluding carboxylic acids is 2. The van der Waals surface area contributed by atoms with E-state index in [2.05, 4.69) is 20.8 Å². The Balaban J connectivity index is 1.42. The minimum absolute atomic E-state index is 0.0715. The predicted molar refractivity (Wildman–Crippen MR) is 134 cm³/mol. The first-order chi connectivity index (χ1) is 18.1. The van der Waals surface area contributed by atoms with Crippen molar-refractivity contribution in [1.29, 1.82) is 0 Å². The van der Waals surface area contributed by atoms with Crippen LogP contribution >= 0.6 is 11.3 Å². The first kappa shape index (κ1) is 25.5. The van der Waals surface area contributed by atoms with Gasteiger partial charge in [-0.2, -0.15) is 0 Å². The van der Waals surface area contributed by atoms with Crippen LogP contribution in [0.5, 0.6) is 0 Å². The van der Waals surface area contributed by atoms with Gasteiger partial charge >= 0.3 is 0 Å². The van der Waals surface area contributed by atoms with Crippen LogP contribution in [0.1, 0.15) is 20.7 Å². The Labute approximate surface area is 215 Å². The number of hydrogen-bond acceptors (Lipinski definition) is 11. The van der Waals surface area contributed by atoms with Gasteiger partial charge in [-0.3, -0.25) is 45.2 Å². The molecule has 2 N–H and O–H groups in total. The molecule has 0 saturated heterocycles. The van der Waals surface area contributed by atoms with E-state index in [1.54, 1.807) is 0 Å². The molecule has 4 rings (SSSR count). The lowest BCUT2D eigenvalue weighted by Crippen LogP contribution is -2.14. The van der Waals surface area contributed by atoms with Crippen LogP contribution in [0.4, 0.5) is 27.9 Å². The Kier molecular flexibility index (Phi) is 7.06. The molecule has 190 valence electrons. The fraction of sp³-hybridized carbons (Fsp3) is 0. The van der Waals surface area contributed by atoms with E-state index < -0.39 is 38.0 Å². The lowest BCUT2D eigenvalue weighted by atomic mass is 10.1. The van der Waals surface area contributed by atoms with Gasteiger partial charge in [-0.15, -0.1) is 10.2 Å². The molecule has 2 amide bonds. The summed E-state index contributed by atoms with van der Waals surface area (Å²) < 4.78 is 0. The molecule has 0 atom stereocenters. The summed E-state index contributed by atoms with van der Waals surface area (Å²) in [4.78, 5) is 55.7. The van der Waals surface area contributed by atoms with Gasteiger partial charge in [-0.1, -0.05) is 11.3 Å². The van der Waals surface area contributed by atoms with Crippen LogP contribution in [0.3, 0.4) is 0 Å². The molecule has 38 heavy (non-hydrogen) atoms. The standard InChI is InChI=1S/C22H13N7O8S/c30-19(24-22-26-25-21(38-22)13-3-7-16(8-4-13)27(32)33)12-1-5-15(6-2-12)23-20(31)14-9-17(28(34)35)11-18(10-14)29(36)37/h1-11H,(H,23,31)(H,24,26,30). The lowest BCUT2D eigenvalue weighted by Gasteiger charge is -2.07. The Bertz CT molecular complexity index is 1550. The number of carbonyl (C=O) groups is 2. The molecule has 0 aliphatic carbocycles. The molecule has 3 aromatic carbocycles. The number of benzene rings is 3. The molecule has 0 bridgehead atoms. The van der Waals surface area contributed by atoms with Gasteiger partial charge in [-0.25, -0.2) is 0 Å². The molecule has 0 aliphatic heterocycles. The summed E-state index contributed by atoms with van der Waals surface area (Å²) in [5.74, 6) is -1.34. The topological polar surface area (TPSA) is 213 Å². The Morgan fingerprint density at radius 2 is 1.21 bits per heavy atom. The number of nitro benzene ring substituents is 3. The first-order valence-electron chi connectivity index (χ1n) is 10.4. The number of nitro groups is 3. The van der Waals surface area contributed by atoms with E-state index in [0.29, 0.717) is 10.6 Å². The van der Waals surface area contributed by atoms with Gasteiger partial charge in [0, 0.05) is 41.1 Å². The quantitative estimate of drug-likeness (QED) is 0.239. The van der Waals surface area contributed by atoms with Crippen molar-refractivity contribution in [3.8, 4) is 10.6 Å². The predicted octanol–water partition coefficient (Wildman–Crippen LogP) is 4.43. The van der Waals surface area contributed by atoms with Crippen molar-refractivity contribution in [2.75, 3.05) is 10.6 Å². The molecular formula is C22H13N7O8S. The zero-order valence-corrected chi connectivity index (χ0v) is 19.6. The fourth-order valence-electron chi connectivity index (χ4n) is 3.13. The molecule has 16 heteroatoms. The second kappa shape index (κ2) is 10.5. The van der Waals surface area contributed by atoms with E-state index in [9.17, 15) is 39.9 Å². The van der Waals surface area contributed by atoms with Gasteiger partial charge in [0.15, 0.2) is 0 Å². The molecule has 0 spiro atoms. The molecule has 0 fully saturated rings. The van der Waals surface area contributed by atoms with Crippen LogP contribution in [0, 0.1) is 30.3 Å². The summed E-state index contributed by atoms with van der Waals surface area (Å²) in [5, 5.41) is 46.4. The first-order valence-corrected chi connectivity index (χ1v) is 11.2. The smallest absolute Gasteiger partial charge is 0.277 e. The maximum absolute atomic E-state index is 12.6. The van der Waals surface area contributed by atoms with Gasteiger partial charge in [0.2, 0.25) is 5.13 Å². The Morgan fingerprint density at radius 3 is 1.76 bits per heavy atom. The minimum Gasteiger partial charge on any atom is -0.322 e. The molecule has 0 saturated carbocycles. The van der Waals surface area contributed by atoms with Crippen LogP contribution in [-0.2, 0) is 0 Å². The van der Waals surface area contributed by atoms with E-state index >= 15 is 0 Å². The number of anilines is 2. The van der Waals surface area contributed by atoms with Gasteiger partial charge in [0.05, 0.1) is 26.4 Å². The van der Waals surface area contributed by atoms with E-state index in [0.717, 1.165) is 29.5 Å². The van der Waals surface area contributed by atoms with Crippen molar-refractivity contribution in [3.05, 3.63) is 108 Å². The Morgan fingerprint density at radius 1 is 0.658 bits per heavy atom. The van der Waals surface area contributed by atoms with Crippen LogP contribution in [-0.4, -0.2) is 36.8 Å². The van der Waals surface area contributed by atoms with Crippen molar-refractivity contribution >= 4 is 51.0 Å². The molecule has 0 aliphatic rings. The highest BCUT2D eigenvalue weighted by Crippen LogP contribution is 2.28. The highest BCUT2D eigenvalue weighted by molar-refractivity contribution is 7.18. The Hall–Kier alpha value is -5.64. The van der Waals surface area contributed by atoms with E-state index in [1.165, 1.54) is 48.5 Å². The van der Waals surface area contributed by atoms with Crippen LogP contribution in [0.15, 0.2) is 66.7 Å².